The summed E-state index contributed by atoms with van der Waals surface area (Å²) in [5, 5.41) is 8.45. The first-order chi connectivity index (χ1) is 17.2. The summed E-state index contributed by atoms with van der Waals surface area (Å²) in [6.07, 6.45) is -2.19. The fraction of sp³-hybridized carbons (Fsp3) is 0.423. The fourth-order valence-corrected chi connectivity index (χ4v) is 4.54. The third-order valence-corrected chi connectivity index (χ3v) is 6.59. The summed E-state index contributed by atoms with van der Waals surface area (Å²) in [7, 11) is 0. The first-order valence-electron chi connectivity index (χ1n) is 11.9. The number of ketones is 1. The van der Waals surface area contributed by atoms with Gasteiger partial charge in [-0.25, -0.2) is 0 Å². The van der Waals surface area contributed by atoms with Gasteiger partial charge in [0, 0.05) is 44.0 Å². The van der Waals surface area contributed by atoms with E-state index in [1.54, 1.807) is 24.3 Å². The molecule has 2 aromatic rings. The van der Waals surface area contributed by atoms with Gasteiger partial charge in [-0.1, -0.05) is 24.3 Å². The number of carbonyl (C=O) groups is 3. The van der Waals surface area contributed by atoms with Gasteiger partial charge < -0.3 is 20.7 Å². The zero-order valence-electron chi connectivity index (χ0n) is 19.6. The highest BCUT2D eigenvalue weighted by atomic mass is 19.4. The van der Waals surface area contributed by atoms with Gasteiger partial charge >= 0.3 is 6.18 Å². The number of anilines is 2. The Kier molecular flexibility index (Phi) is 7.63. The third kappa shape index (κ3) is 6.04. The lowest BCUT2D eigenvalue weighted by Gasteiger charge is -2.30. The molecule has 0 bridgehead atoms. The van der Waals surface area contributed by atoms with Crippen LogP contribution in [0, 0.1) is 5.92 Å². The van der Waals surface area contributed by atoms with E-state index >= 15 is 0 Å². The SMILES string of the molecule is O=C1CCCC(C(=O)NC2(C(=O)NCc3ccc(Nc4ccccc4C(F)(F)F)cc3)CCOC2)C1. The molecule has 2 aliphatic rings. The number of benzene rings is 2. The predicted molar refractivity (Wildman–Crippen MR) is 126 cm³/mol. The average molecular weight is 504 g/mol. The Morgan fingerprint density at radius 3 is 2.50 bits per heavy atom. The van der Waals surface area contributed by atoms with Crippen molar-refractivity contribution >= 4 is 29.0 Å². The smallest absolute Gasteiger partial charge is 0.378 e. The molecule has 4 rings (SSSR count). The molecule has 1 aliphatic carbocycles. The summed E-state index contributed by atoms with van der Waals surface area (Å²) < 4.78 is 45.1. The normalized spacial score (nSPS) is 22.2. The summed E-state index contributed by atoms with van der Waals surface area (Å²) >= 11 is 0. The van der Waals surface area contributed by atoms with E-state index in [4.69, 9.17) is 4.74 Å². The van der Waals surface area contributed by atoms with E-state index in [0.717, 1.165) is 11.6 Å². The van der Waals surface area contributed by atoms with Gasteiger partial charge in [0.2, 0.25) is 11.8 Å². The lowest BCUT2D eigenvalue weighted by Crippen LogP contribution is -2.60. The molecule has 0 aromatic heterocycles. The Bertz CT molecular complexity index is 1110. The predicted octanol–water partition coefficient (Wildman–Crippen LogP) is 4.10. The molecule has 3 N–H and O–H groups in total. The molecular weight excluding hydrogens is 475 g/mol. The van der Waals surface area contributed by atoms with Crippen LogP contribution in [0.3, 0.4) is 0 Å². The minimum atomic E-state index is -4.48. The molecule has 1 saturated heterocycles. The van der Waals surface area contributed by atoms with Crippen molar-refractivity contribution in [3.63, 3.8) is 0 Å². The number of rotatable bonds is 7. The molecule has 36 heavy (non-hydrogen) atoms. The van der Waals surface area contributed by atoms with Crippen LogP contribution >= 0.6 is 0 Å². The fourth-order valence-electron chi connectivity index (χ4n) is 4.54. The Balaban J connectivity index is 1.36. The highest BCUT2D eigenvalue weighted by Gasteiger charge is 2.45. The number of carbonyl (C=O) groups excluding carboxylic acids is 3. The molecule has 7 nitrogen and oxygen atoms in total. The Labute approximate surface area is 206 Å². The molecule has 10 heteroatoms. The van der Waals surface area contributed by atoms with Crippen LogP contribution in [0.1, 0.15) is 43.2 Å². The van der Waals surface area contributed by atoms with E-state index in [9.17, 15) is 27.6 Å². The van der Waals surface area contributed by atoms with Gasteiger partial charge in [-0.15, -0.1) is 0 Å². The molecule has 1 heterocycles. The second kappa shape index (κ2) is 10.7. The highest BCUT2D eigenvalue weighted by molar-refractivity contribution is 5.94. The number of halogens is 3. The van der Waals surface area contributed by atoms with Gasteiger partial charge in [-0.05, 0) is 42.7 Å². The summed E-state index contributed by atoms with van der Waals surface area (Å²) in [5.74, 6) is -1.06. The molecule has 1 saturated carbocycles. The van der Waals surface area contributed by atoms with Crippen molar-refractivity contribution in [2.75, 3.05) is 18.5 Å². The molecule has 2 fully saturated rings. The molecule has 192 valence electrons. The summed E-state index contributed by atoms with van der Waals surface area (Å²) in [6.45, 7) is 0.543. The lowest BCUT2D eigenvalue weighted by atomic mass is 9.86. The number of Topliss-reactive ketones (excluding diaryl/α,β-unsaturated/α-hetero) is 1. The Morgan fingerprint density at radius 2 is 1.83 bits per heavy atom. The van der Waals surface area contributed by atoms with E-state index in [2.05, 4.69) is 16.0 Å². The van der Waals surface area contributed by atoms with E-state index in [1.165, 1.54) is 18.2 Å². The minimum Gasteiger partial charge on any atom is -0.378 e. The van der Waals surface area contributed by atoms with Crippen molar-refractivity contribution in [1.82, 2.24) is 10.6 Å². The zero-order chi connectivity index (χ0) is 25.8. The summed E-state index contributed by atoms with van der Waals surface area (Å²) in [5.41, 5.74) is -0.803. The number of hydrogen-bond donors (Lipinski definition) is 3. The van der Waals surface area contributed by atoms with Gasteiger partial charge in [0.25, 0.3) is 0 Å². The van der Waals surface area contributed by atoms with Gasteiger partial charge in [-0.3, -0.25) is 14.4 Å². The maximum atomic E-state index is 13.2. The molecule has 2 atom stereocenters. The molecule has 2 aromatic carbocycles. The molecule has 2 amide bonds. The van der Waals surface area contributed by atoms with E-state index in [-0.39, 0.29) is 42.9 Å². The standard InChI is InChI=1S/C26H28F3N3O4/c27-26(28,29)21-6-1-2-7-22(21)31-19-10-8-17(9-11-19)15-30-24(35)25(12-13-36-16-25)32-23(34)18-4-3-5-20(33)14-18/h1-2,6-11,18,31H,3-5,12-16H2,(H,30,35)(H,32,34). The quantitative estimate of drug-likeness (QED) is 0.529. The van der Waals surface area contributed by atoms with Crippen molar-refractivity contribution < 1.29 is 32.3 Å². The van der Waals surface area contributed by atoms with Crippen molar-refractivity contribution in [3.05, 3.63) is 59.7 Å². The summed E-state index contributed by atoms with van der Waals surface area (Å²) in [6, 6.07) is 11.9. The largest absolute Gasteiger partial charge is 0.418 e. The molecule has 0 radical (unpaired) electrons. The van der Waals surface area contributed by atoms with Crippen molar-refractivity contribution in [3.8, 4) is 0 Å². The molecule has 2 unspecified atom stereocenters. The zero-order valence-corrected chi connectivity index (χ0v) is 19.6. The van der Waals surface area contributed by atoms with Crippen LogP contribution in [0.2, 0.25) is 0 Å². The highest BCUT2D eigenvalue weighted by Crippen LogP contribution is 2.35. The van der Waals surface area contributed by atoms with Crippen molar-refractivity contribution in [1.29, 1.82) is 0 Å². The Morgan fingerprint density at radius 1 is 1.08 bits per heavy atom. The number of amides is 2. The van der Waals surface area contributed by atoms with Gasteiger partial charge in [-0.2, -0.15) is 13.2 Å². The van der Waals surface area contributed by atoms with Crippen LogP contribution < -0.4 is 16.0 Å². The first kappa shape index (κ1) is 25.7. The van der Waals surface area contributed by atoms with E-state index < -0.39 is 23.2 Å². The number of ether oxygens (including phenoxy) is 1. The van der Waals surface area contributed by atoms with Crippen LogP contribution in [0.25, 0.3) is 0 Å². The van der Waals surface area contributed by atoms with Crippen LogP contribution in [-0.4, -0.2) is 36.4 Å². The van der Waals surface area contributed by atoms with E-state index in [0.29, 0.717) is 38.0 Å². The second-order valence-corrected chi connectivity index (χ2v) is 9.25. The van der Waals surface area contributed by atoms with Crippen molar-refractivity contribution in [2.24, 2.45) is 5.92 Å². The average Bonchev–Trinajstić information content (AvgIpc) is 3.33. The molecular formula is C26H28F3N3O4. The van der Waals surface area contributed by atoms with Crippen LogP contribution in [0.5, 0.6) is 0 Å². The number of hydrogen-bond acceptors (Lipinski definition) is 5. The number of para-hydroxylation sites is 1. The number of nitrogens with one attached hydrogen (secondary N) is 3. The Hall–Kier alpha value is -3.40. The topological polar surface area (TPSA) is 96.5 Å². The first-order valence-corrected chi connectivity index (χ1v) is 11.9. The van der Waals surface area contributed by atoms with E-state index in [1.807, 2.05) is 0 Å². The third-order valence-electron chi connectivity index (χ3n) is 6.59. The molecule has 0 spiro atoms. The van der Waals surface area contributed by atoms with Gasteiger partial charge in [0.05, 0.1) is 17.9 Å². The van der Waals surface area contributed by atoms with Gasteiger partial charge in [0.1, 0.15) is 11.3 Å². The monoisotopic (exact) mass is 503 g/mol. The summed E-state index contributed by atoms with van der Waals surface area (Å²) in [4.78, 5) is 37.6. The number of alkyl halides is 3. The molecule has 1 aliphatic heterocycles. The lowest BCUT2D eigenvalue weighted by molar-refractivity contribution is -0.137. The van der Waals surface area contributed by atoms with Crippen LogP contribution in [0.4, 0.5) is 24.5 Å². The van der Waals surface area contributed by atoms with Crippen LogP contribution in [-0.2, 0) is 31.8 Å². The van der Waals surface area contributed by atoms with Crippen molar-refractivity contribution in [2.45, 2.75) is 50.4 Å². The van der Waals surface area contributed by atoms with Crippen LogP contribution in [0.15, 0.2) is 48.5 Å². The second-order valence-electron chi connectivity index (χ2n) is 9.25. The minimum absolute atomic E-state index is 0.0483. The maximum absolute atomic E-state index is 13.2. The van der Waals surface area contributed by atoms with Gasteiger partial charge in [0.15, 0.2) is 0 Å². The maximum Gasteiger partial charge on any atom is 0.418 e.